The normalized spacial score (nSPS) is 14.7. The molecule has 162 valence electrons. The van der Waals surface area contributed by atoms with Crippen molar-refractivity contribution in [2.24, 2.45) is 0 Å². The van der Waals surface area contributed by atoms with E-state index in [1.54, 1.807) is 44.4 Å². The number of likely N-dealkylation sites (tertiary alicyclic amines) is 1. The Morgan fingerprint density at radius 2 is 1.70 bits per heavy atom. The van der Waals surface area contributed by atoms with Crippen molar-refractivity contribution in [3.8, 4) is 11.5 Å². The number of carbonyl (C=O) groups is 1. The van der Waals surface area contributed by atoms with Gasteiger partial charge in [-0.15, -0.1) is 0 Å². The van der Waals surface area contributed by atoms with E-state index in [1.807, 2.05) is 4.90 Å². The van der Waals surface area contributed by atoms with Gasteiger partial charge in [-0.2, -0.15) is 0 Å². The van der Waals surface area contributed by atoms with E-state index in [0.717, 1.165) is 38.8 Å². The Morgan fingerprint density at radius 1 is 1.03 bits per heavy atom. The van der Waals surface area contributed by atoms with Crippen LogP contribution < -0.4 is 14.2 Å². The summed E-state index contributed by atoms with van der Waals surface area (Å²) in [5.74, 6) is 1.11. The van der Waals surface area contributed by atoms with Crippen molar-refractivity contribution in [3.63, 3.8) is 0 Å². The molecule has 3 rings (SSSR count). The van der Waals surface area contributed by atoms with Gasteiger partial charge in [0, 0.05) is 18.8 Å². The molecule has 1 N–H and O–H groups in total. The summed E-state index contributed by atoms with van der Waals surface area (Å²) in [6.45, 7) is 3.26. The van der Waals surface area contributed by atoms with Crippen LogP contribution in [-0.2, 0) is 14.8 Å². The average molecular weight is 433 g/mol. The summed E-state index contributed by atoms with van der Waals surface area (Å²) >= 11 is 0. The molecule has 0 aliphatic carbocycles. The quantitative estimate of drug-likeness (QED) is 0.723. The van der Waals surface area contributed by atoms with Gasteiger partial charge in [0.25, 0.3) is 15.9 Å². The molecule has 1 fully saturated rings. The molecule has 0 radical (unpaired) electrons. The van der Waals surface area contributed by atoms with Crippen molar-refractivity contribution in [1.82, 2.24) is 4.90 Å². The van der Waals surface area contributed by atoms with Crippen LogP contribution in [0.5, 0.6) is 11.5 Å². The van der Waals surface area contributed by atoms with Crippen LogP contribution in [0.15, 0.2) is 47.4 Å². The standard InChI is InChI=1S/C22H28N2O5S/c1-17-15-20(30(26,27)23-18-7-9-19(28-2)10-8-18)11-12-21(17)29-16-22(25)24-13-5-3-4-6-14-24/h7-12,15,23H,3-6,13-14,16H2,1-2H3. The summed E-state index contributed by atoms with van der Waals surface area (Å²) < 4.78 is 38.7. The number of sulfonamides is 1. The van der Waals surface area contributed by atoms with Gasteiger partial charge in [-0.3, -0.25) is 9.52 Å². The van der Waals surface area contributed by atoms with Gasteiger partial charge in [-0.1, -0.05) is 12.8 Å². The van der Waals surface area contributed by atoms with E-state index in [2.05, 4.69) is 4.72 Å². The molecule has 0 bridgehead atoms. The summed E-state index contributed by atoms with van der Waals surface area (Å²) in [7, 11) is -2.20. The van der Waals surface area contributed by atoms with Crippen LogP contribution in [0.2, 0.25) is 0 Å². The van der Waals surface area contributed by atoms with Gasteiger partial charge in [0.05, 0.1) is 12.0 Å². The summed E-state index contributed by atoms with van der Waals surface area (Å²) in [6, 6.07) is 11.2. The Kier molecular flexibility index (Phi) is 7.20. The first-order chi connectivity index (χ1) is 14.4. The molecule has 0 spiro atoms. The molecule has 0 aromatic heterocycles. The van der Waals surface area contributed by atoms with E-state index in [1.165, 1.54) is 12.1 Å². The van der Waals surface area contributed by atoms with Crippen LogP contribution >= 0.6 is 0 Å². The van der Waals surface area contributed by atoms with E-state index in [4.69, 9.17) is 9.47 Å². The molecule has 30 heavy (non-hydrogen) atoms. The molecule has 0 saturated carbocycles. The number of hydrogen-bond acceptors (Lipinski definition) is 5. The maximum absolute atomic E-state index is 12.7. The number of aryl methyl sites for hydroxylation is 1. The SMILES string of the molecule is COc1ccc(NS(=O)(=O)c2ccc(OCC(=O)N3CCCCCC3)c(C)c2)cc1. The molecular formula is C22H28N2O5S. The van der Waals surface area contributed by atoms with Crippen molar-refractivity contribution in [1.29, 1.82) is 0 Å². The van der Waals surface area contributed by atoms with Crippen molar-refractivity contribution in [2.75, 3.05) is 31.5 Å². The van der Waals surface area contributed by atoms with Crippen LogP contribution in [0.1, 0.15) is 31.2 Å². The Labute approximate surface area is 178 Å². The lowest BCUT2D eigenvalue weighted by atomic mass is 10.2. The summed E-state index contributed by atoms with van der Waals surface area (Å²) in [5.41, 5.74) is 1.09. The fourth-order valence-electron chi connectivity index (χ4n) is 3.37. The van der Waals surface area contributed by atoms with Gasteiger partial charge in [-0.05, 0) is 67.8 Å². The second-order valence-corrected chi connectivity index (χ2v) is 9.03. The first-order valence-corrected chi connectivity index (χ1v) is 11.6. The van der Waals surface area contributed by atoms with E-state index in [9.17, 15) is 13.2 Å². The number of ether oxygens (including phenoxy) is 2. The monoisotopic (exact) mass is 432 g/mol. The second kappa shape index (κ2) is 9.84. The number of hydrogen-bond donors (Lipinski definition) is 1. The van der Waals surface area contributed by atoms with Gasteiger partial charge in [0.2, 0.25) is 0 Å². The molecule has 1 amide bonds. The minimum atomic E-state index is -3.75. The zero-order valence-electron chi connectivity index (χ0n) is 17.4. The van der Waals surface area contributed by atoms with Crippen LogP contribution in [0.3, 0.4) is 0 Å². The first kappa shape index (κ1) is 22.0. The number of rotatable bonds is 7. The van der Waals surface area contributed by atoms with Crippen LogP contribution in [0.25, 0.3) is 0 Å². The Morgan fingerprint density at radius 3 is 2.30 bits per heavy atom. The fourth-order valence-corrected chi connectivity index (χ4v) is 4.52. The second-order valence-electron chi connectivity index (χ2n) is 7.34. The third-order valence-electron chi connectivity index (χ3n) is 5.11. The van der Waals surface area contributed by atoms with Gasteiger partial charge in [-0.25, -0.2) is 8.42 Å². The lowest BCUT2D eigenvalue weighted by molar-refractivity contribution is -0.133. The van der Waals surface area contributed by atoms with Gasteiger partial charge < -0.3 is 14.4 Å². The summed E-state index contributed by atoms with van der Waals surface area (Å²) in [4.78, 5) is 14.4. The molecule has 1 aliphatic rings. The van der Waals surface area contributed by atoms with Crippen LogP contribution in [0.4, 0.5) is 5.69 Å². The third kappa shape index (κ3) is 5.66. The smallest absolute Gasteiger partial charge is 0.261 e. The van der Waals surface area contributed by atoms with E-state index in [0.29, 0.717) is 22.7 Å². The van der Waals surface area contributed by atoms with Crippen molar-refractivity contribution in [2.45, 2.75) is 37.5 Å². The van der Waals surface area contributed by atoms with Crippen LogP contribution in [-0.4, -0.2) is 46.0 Å². The van der Waals surface area contributed by atoms with Crippen molar-refractivity contribution >= 4 is 21.6 Å². The number of amides is 1. The first-order valence-electron chi connectivity index (χ1n) is 10.1. The number of nitrogens with zero attached hydrogens (tertiary/aromatic N) is 1. The molecule has 2 aromatic rings. The average Bonchev–Trinajstić information content (AvgIpc) is 3.02. The highest BCUT2D eigenvalue weighted by molar-refractivity contribution is 7.92. The Balaban J connectivity index is 1.64. The molecule has 1 heterocycles. The topological polar surface area (TPSA) is 84.9 Å². The van der Waals surface area contributed by atoms with Gasteiger partial charge in [0.1, 0.15) is 11.5 Å². The largest absolute Gasteiger partial charge is 0.497 e. The maximum atomic E-state index is 12.7. The molecule has 0 unspecified atom stereocenters. The Hall–Kier alpha value is -2.74. The predicted molar refractivity (Wildman–Crippen MR) is 116 cm³/mol. The van der Waals surface area contributed by atoms with E-state index < -0.39 is 10.0 Å². The number of carbonyl (C=O) groups excluding carboxylic acids is 1. The predicted octanol–water partition coefficient (Wildman–Crippen LogP) is 3.59. The van der Waals surface area contributed by atoms with Gasteiger partial charge >= 0.3 is 0 Å². The van der Waals surface area contributed by atoms with E-state index >= 15 is 0 Å². The Bertz CT molecular complexity index is 966. The molecule has 7 nitrogen and oxygen atoms in total. The molecule has 0 atom stereocenters. The zero-order valence-corrected chi connectivity index (χ0v) is 18.2. The molecular weight excluding hydrogens is 404 g/mol. The van der Waals surface area contributed by atoms with Gasteiger partial charge in [0.15, 0.2) is 6.61 Å². The van der Waals surface area contributed by atoms with Crippen molar-refractivity contribution in [3.05, 3.63) is 48.0 Å². The zero-order chi connectivity index (χ0) is 21.6. The molecule has 8 heteroatoms. The highest BCUT2D eigenvalue weighted by Crippen LogP contribution is 2.24. The summed E-state index contributed by atoms with van der Waals surface area (Å²) in [6.07, 6.45) is 4.37. The van der Waals surface area contributed by atoms with Crippen LogP contribution in [0, 0.1) is 6.92 Å². The third-order valence-corrected chi connectivity index (χ3v) is 6.49. The minimum absolute atomic E-state index is 0.0332. The maximum Gasteiger partial charge on any atom is 0.261 e. The fraction of sp³-hybridized carbons (Fsp3) is 0.409. The number of anilines is 1. The number of nitrogens with one attached hydrogen (secondary N) is 1. The highest BCUT2D eigenvalue weighted by atomic mass is 32.2. The minimum Gasteiger partial charge on any atom is -0.497 e. The highest BCUT2D eigenvalue weighted by Gasteiger charge is 2.18. The molecule has 2 aromatic carbocycles. The van der Waals surface area contributed by atoms with Crippen molar-refractivity contribution < 1.29 is 22.7 Å². The van der Waals surface area contributed by atoms with E-state index in [-0.39, 0.29) is 17.4 Å². The summed E-state index contributed by atoms with van der Waals surface area (Å²) in [5, 5.41) is 0. The number of benzene rings is 2. The lowest BCUT2D eigenvalue weighted by Gasteiger charge is -2.20. The molecule has 1 aliphatic heterocycles. The molecule has 1 saturated heterocycles. The number of methoxy groups -OCH3 is 1. The lowest BCUT2D eigenvalue weighted by Crippen LogP contribution is -2.35.